The number of thiazole rings is 1. The van der Waals surface area contributed by atoms with Crippen molar-refractivity contribution in [1.82, 2.24) is 24.7 Å². The molecule has 0 saturated heterocycles. The molecule has 0 saturated carbocycles. The van der Waals surface area contributed by atoms with Crippen molar-refractivity contribution in [3.05, 3.63) is 82.4 Å². The third-order valence-corrected chi connectivity index (χ3v) is 6.76. The fourth-order valence-electron chi connectivity index (χ4n) is 4.34. The van der Waals surface area contributed by atoms with Crippen LogP contribution in [-0.2, 0) is 0 Å². The maximum atomic E-state index is 14.1. The van der Waals surface area contributed by atoms with Crippen molar-refractivity contribution in [2.75, 3.05) is 5.73 Å². The lowest BCUT2D eigenvalue weighted by Gasteiger charge is -2.16. The highest BCUT2D eigenvalue weighted by Crippen LogP contribution is 2.39. The normalized spacial score (nSPS) is 12.4. The maximum Gasteiger partial charge on any atom is 0.363 e. The molecular weight excluding hydrogens is 483 g/mol. The summed E-state index contributed by atoms with van der Waals surface area (Å²) in [6.07, 6.45) is 1.30. The van der Waals surface area contributed by atoms with Gasteiger partial charge in [0.05, 0.1) is 15.6 Å². The van der Waals surface area contributed by atoms with Gasteiger partial charge in [-0.15, -0.1) is 11.3 Å². The van der Waals surface area contributed by atoms with E-state index in [1.165, 1.54) is 29.8 Å². The fourth-order valence-corrected chi connectivity index (χ4v) is 5.19. The lowest BCUT2D eigenvalue weighted by Crippen LogP contribution is -2.14. The molecule has 1 unspecified atom stereocenters. The van der Waals surface area contributed by atoms with Gasteiger partial charge < -0.3 is 15.3 Å². The largest absolute Gasteiger partial charge is 0.508 e. The van der Waals surface area contributed by atoms with E-state index in [2.05, 4.69) is 15.0 Å². The Morgan fingerprint density at radius 1 is 1.11 bits per heavy atom. The van der Waals surface area contributed by atoms with Gasteiger partial charge in [0.25, 0.3) is 0 Å². The van der Waals surface area contributed by atoms with Crippen LogP contribution < -0.4 is 11.4 Å². The number of halogens is 1. The van der Waals surface area contributed by atoms with E-state index in [1.54, 1.807) is 10.2 Å². The van der Waals surface area contributed by atoms with Gasteiger partial charge in [0.1, 0.15) is 41.2 Å². The number of nitrogens with zero attached hydrogens (tertiary/aromatic N) is 5. The molecule has 1 atom stereocenters. The molecule has 2 aromatic carbocycles. The Kier molecular flexibility index (Phi) is 5.00. The van der Waals surface area contributed by atoms with E-state index in [0.29, 0.717) is 27.1 Å². The average molecular weight is 501 g/mol. The summed E-state index contributed by atoms with van der Waals surface area (Å²) >= 11 is 1.35. The van der Waals surface area contributed by atoms with Gasteiger partial charge in [-0.2, -0.15) is 5.10 Å². The number of phenols is 1. The zero-order valence-electron chi connectivity index (χ0n) is 18.7. The summed E-state index contributed by atoms with van der Waals surface area (Å²) in [5.41, 5.74) is 9.99. The second-order valence-corrected chi connectivity index (χ2v) is 9.00. The quantitative estimate of drug-likeness (QED) is 0.354. The summed E-state index contributed by atoms with van der Waals surface area (Å²) in [5, 5.41) is 15.1. The Labute approximate surface area is 206 Å². The van der Waals surface area contributed by atoms with Gasteiger partial charge >= 0.3 is 5.63 Å². The van der Waals surface area contributed by atoms with Crippen molar-refractivity contribution < 1.29 is 13.9 Å². The number of nitrogens with two attached hydrogens (primary N) is 1. The second-order valence-electron chi connectivity index (χ2n) is 8.15. The molecule has 0 bridgehead atoms. The third-order valence-electron chi connectivity index (χ3n) is 5.92. The number of rotatable bonds is 4. The molecule has 6 rings (SSSR count). The van der Waals surface area contributed by atoms with Gasteiger partial charge in [-0.1, -0.05) is 30.3 Å². The summed E-state index contributed by atoms with van der Waals surface area (Å²) in [6.45, 7) is 1.81. The standard InChI is InChI=1S/C25H17FN6O3S/c1-12(21-17(13-5-3-2-4-6-13)22-20(25(34)35-21)30-11-36-22)32-24-18(23(27)28-10-29-24)19(31-32)14-7-15(26)9-16(33)8-14/h2-12,33H,1H3,(H2,27,28,29). The topological polar surface area (TPSA) is 133 Å². The first kappa shape index (κ1) is 21.9. The first-order valence-electron chi connectivity index (χ1n) is 10.9. The van der Waals surface area contributed by atoms with E-state index in [4.69, 9.17) is 15.2 Å². The van der Waals surface area contributed by atoms with E-state index in [9.17, 15) is 14.3 Å². The number of fused-ring (bicyclic) bond motifs is 2. The number of phenolic OH excluding ortho intramolecular Hbond substituents is 1. The van der Waals surface area contributed by atoms with Crippen molar-refractivity contribution in [2.24, 2.45) is 0 Å². The molecule has 0 aliphatic carbocycles. The molecule has 0 aliphatic heterocycles. The molecule has 0 amide bonds. The maximum absolute atomic E-state index is 14.1. The predicted molar refractivity (Wildman–Crippen MR) is 134 cm³/mol. The van der Waals surface area contributed by atoms with E-state index in [-0.39, 0.29) is 22.8 Å². The lowest BCUT2D eigenvalue weighted by molar-refractivity contribution is 0.405. The molecule has 0 fully saturated rings. The van der Waals surface area contributed by atoms with Crippen molar-refractivity contribution in [2.45, 2.75) is 13.0 Å². The molecule has 6 aromatic rings. The fraction of sp³-hybridized carbons (Fsp3) is 0.0800. The van der Waals surface area contributed by atoms with Gasteiger partial charge in [-0.05, 0) is 24.6 Å². The first-order valence-corrected chi connectivity index (χ1v) is 11.7. The molecule has 4 heterocycles. The average Bonchev–Trinajstić information content (AvgIpc) is 3.50. The minimum absolute atomic E-state index is 0.139. The Bertz CT molecular complexity index is 1810. The zero-order valence-corrected chi connectivity index (χ0v) is 19.5. The molecule has 0 spiro atoms. The van der Waals surface area contributed by atoms with Crippen molar-refractivity contribution >= 4 is 38.4 Å². The highest BCUT2D eigenvalue weighted by atomic mass is 32.1. The Morgan fingerprint density at radius 3 is 2.69 bits per heavy atom. The van der Waals surface area contributed by atoms with E-state index >= 15 is 0 Å². The number of aromatic nitrogens is 5. The Hall–Kier alpha value is -4.64. The molecule has 0 radical (unpaired) electrons. The summed E-state index contributed by atoms with van der Waals surface area (Å²) in [4.78, 5) is 25.5. The van der Waals surface area contributed by atoms with Crippen LogP contribution in [0.3, 0.4) is 0 Å². The lowest BCUT2D eigenvalue weighted by atomic mass is 10.0. The number of hydrogen-bond acceptors (Lipinski definition) is 9. The molecule has 0 aliphatic rings. The monoisotopic (exact) mass is 500 g/mol. The number of nitrogen functional groups attached to an aromatic ring is 1. The van der Waals surface area contributed by atoms with Crippen LogP contribution in [0.2, 0.25) is 0 Å². The van der Waals surface area contributed by atoms with Crippen molar-refractivity contribution in [3.8, 4) is 28.1 Å². The minimum Gasteiger partial charge on any atom is -0.508 e. The number of aromatic hydroxyl groups is 1. The van der Waals surface area contributed by atoms with E-state index in [0.717, 1.165) is 17.2 Å². The summed E-state index contributed by atoms with van der Waals surface area (Å²) in [5.74, 6) is -0.397. The first-order chi connectivity index (χ1) is 17.4. The van der Waals surface area contributed by atoms with Gasteiger partial charge in [-0.25, -0.2) is 28.8 Å². The van der Waals surface area contributed by atoms with Crippen LogP contribution >= 0.6 is 11.3 Å². The predicted octanol–water partition coefficient (Wildman–Crippen LogP) is 4.76. The smallest absolute Gasteiger partial charge is 0.363 e. The SMILES string of the molecule is CC(c1oc(=O)c2ncsc2c1-c1ccccc1)n1nc(-c2cc(O)cc(F)c2)c2c(N)ncnc21. The van der Waals surface area contributed by atoms with Crippen molar-refractivity contribution in [1.29, 1.82) is 0 Å². The highest BCUT2D eigenvalue weighted by molar-refractivity contribution is 7.17. The molecule has 11 heteroatoms. The van der Waals surface area contributed by atoms with E-state index in [1.807, 2.05) is 37.3 Å². The number of hydrogen-bond donors (Lipinski definition) is 2. The summed E-state index contributed by atoms with van der Waals surface area (Å²) in [6, 6.07) is 12.5. The van der Waals surface area contributed by atoms with Gasteiger partial charge in [0.2, 0.25) is 0 Å². The third kappa shape index (κ3) is 3.40. The molecular formula is C25H17FN6O3S. The van der Waals surface area contributed by atoms with Crippen LogP contribution in [-0.4, -0.2) is 29.8 Å². The summed E-state index contributed by atoms with van der Waals surface area (Å²) < 4.78 is 22.2. The molecule has 9 nitrogen and oxygen atoms in total. The minimum atomic E-state index is -0.635. The number of anilines is 1. The van der Waals surface area contributed by atoms with Crippen LogP contribution in [0.15, 0.2) is 69.6 Å². The second kappa shape index (κ2) is 8.24. The van der Waals surface area contributed by atoms with Crippen LogP contribution in [0.4, 0.5) is 10.2 Å². The molecule has 36 heavy (non-hydrogen) atoms. The van der Waals surface area contributed by atoms with Gasteiger partial charge in [-0.3, -0.25) is 0 Å². The zero-order chi connectivity index (χ0) is 25.0. The van der Waals surface area contributed by atoms with Gasteiger partial charge in [0, 0.05) is 17.2 Å². The Morgan fingerprint density at radius 2 is 1.92 bits per heavy atom. The molecule has 178 valence electrons. The van der Waals surface area contributed by atoms with Crippen molar-refractivity contribution in [3.63, 3.8) is 0 Å². The highest BCUT2D eigenvalue weighted by Gasteiger charge is 2.27. The van der Waals surface area contributed by atoms with Crippen LogP contribution in [0, 0.1) is 5.82 Å². The Balaban J connectivity index is 1.64. The van der Waals surface area contributed by atoms with Gasteiger partial charge in [0.15, 0.2) is 11.2 Å². The van der Waals surface area contributed by atoms with Crippen LogP contribution in [0.5, 0.6) is 5.75 Å². The summed E-state index contributed by atoms with van der Waals surface area (Å²) in [7, 11) is 0. The van der Waals surface area contributed by atoms with E-state index < -0.39 is 17.5 Å². The molecule has 4 aromatic heterocycles. The number of benzene rings is 2. The van der Waals surface area contributed by atoms with Crippen LogP contribution in [0.25, 0.3) is 43.6 Å². The molecule has 3 N–H and O–H groups in total. The van der Waals surface area contributed by atoms with Crippen LogP contribution in [0.1, 0.15) is 18.7 Å².